The van der Waals surface area contributed by atoms with Crippen molar-refractivity contribution in [3.8, 4) is 5.75 Å². The predicted molar refractivity (Wildman–Crippen MR) is 124 cm³/mol. The Morgan fingerprint density at radius 1 is 1.18 bits per heavy atom. The lowest BCUT2D eigenvalue weighted by Crippen LogP contribution is -2.47. The second-order valence-electron chi connectivity index (χ2n) is 9.05. The average molecular weight is 472 g/mol. The molecule has 0 bridgehead atoms. The summed E-state index contributed by atoms with van der Waals surface area (Å²) in [4.78, 5) is 26.5. The van der Waals surface area contributed by atoms with E-state index < -0.39 is 12.2 Å². The average Bonchev–Trinajstić information content (AvgIpc) is 3.14. The van der Waals surface area contributed by atoms with Crippen molar-refractivity contribution in [2.75, 3.05) is 32.6 Å². The number of hydrogen-bond donors (Lipinski definition) is 3. The highest BCUT2D eigenvalue weighted by Crippen LogP contribution is 2.47. The highest BCUT2D eigenvalue weighted by Gasteiger charge is 2.46. The number of amides is 2. The van der Waals surface area contributed by atoms with Gasteiger partial charge in [-0.2, -0.15) is 0 Å². The highest BCUT2D eigenvalue weighted by molar-refractivity contribution is 5.92. The van der Waals surface area contributed by atoms with Gasteiger partial charge >= 0.3 is 0 Å². The Balaban J connectivity index is 1.41. The minimum absolute atomic E-state index is 0.0763. The zero-order chi connectivity index (χ0) is 24.2. The highest BCUT2D eigenvalue weighted by atomic mass is 19.1. The first kappa shape index (κ1) is 24.1. The van der Waals surface area contributed by atoms with Crippen LogP contribution in [-0.2, 0) is 20.9 Å². The van der Waals surface area contributed by atoms with Crippen LogP contribution >= 0.6 is 0 Å². The summed E-state index contributed by atoms with van der Waals surface area (Å²) in [6.45, 7) is 0.261. The summed E-state index contributed by atoms with van der Waals surface area (Å²) in [7, 11) is 3.65. The molecule has 2 aliphatic heterocycles. The van der Waals surface area contributed by atoms with Gasteiger partial charge in [0.2, 0.25) is 11.8 Å². The molecule has 0 aliphatic carbocycles. The third-order valence-electron chi connectivity index (χ3n) is 6.03. The first-order valence-corrected chi connectivity index (χ1v) is 11.3. The molecule has 0 saturated carbocycles. The van der Waals surface area contributed by atoms with Gasteiger partial charge in [-0.05, 0) is 56.4 Å². The van der Waals surface area contributed by atoms with Crippen LogP contribution in [0.4, 0.5) is 10.1 Å². The maximum absolute atomic E-state index is 13.4. The fourth-order valence-corrected chi connectivity index (χ4v) is 4.58. The van der Waals surface area contributed by atoms with E-state index >= 15 is 0 Å². The quantitative estimate of drug-likeness (QED) is 0.545. The van der Waals surface area contributed by atoms with Gasteiger partial charge in [0, 0.05) is 23.7 Å². The SMILES string of the molecule is CN(C)CC(=O)Nc1ccc2c(c1)[C@H]1C[C@H](CC(=O)NCc3cccc(F)c3)O[C@@H](CO)[C@H]1O2. The van der Waals surface area contributed by atoms with Gasteiger partial charge in [0.05, 0.1) is 25.7 Å². The first-order valence-electron chi connectivity index (χ1n) is 11.3. The second kappa shape index (κ2) is 10.5. The van der Waals surface area contributed by atoms with Crippen molar-refractivity contribution < 1.29 is 28.6 Å². The van der Waals surface area contributed by atoms with Gasteiger partial charge in [-0.25, -0.2) is 4.39 Å². The smallest absolute Gasteiger partial charge is 0.238 e. The number of carbonyl (C=O) groups is 2. The van der Waals surface area contributed by atoms with Crippen LogP contribution in [0.3, 0.4) is 0 Å². The molecule has 0 unspecified atom stereocenters. The Morgan fingerprint density at radius 2 is 2.00 bits per heavy atom. The molecule has 4 rings (SSSR count). The van der Waals surface area contributed by atoms with Gasteiger partial charge in [0.15, 0.2) is 0 Å². The predicted octanol–water partition coefficient (Wildman–Crippen LogP) is 2.03. The summed E-state index contributed by atoms with van der Waals surface area (Å²) < 4.78 is 25.4. The van der Waals surface area contributed by atoms with Gasteiger partial charge in [0.1, 0.15) is 23.8 Å². The Hall–Kier alpha value is -3.01. The molecule has 1 saturated heterocycles. The van der Waals surface area contributed by atoms with Gasteiger partial charge in [0.25, 0.3) is 0 Å². The molecule has 2 amide bonds. The Kier molecular flexibility index (Phi) is 7.45. The summed E-state index contributed by atoms with van der Waals surface area (Å²) in [6.07, 6.45) is -0.689. The van der Waals surface area contributed by atoms with Crippen LogP contribution < -0.4 is 15.4 Å². The fourth-order valence-electron chi connectivity index (χ4n) is 4.58. The molecular weight excluding hydrogens is 441 g/mol. The molecule has 0 spiro atoms. The number of anilines is 1. The van der Waals surface area contributed by atoms with Crippen molar-refractivity contribution in [1.82, 2.24) is 10.2 Å². The number of rotatable bonds is 8. The number of nitrogens with one attached hydrogen (secondary N) is 2. The lowest BCUT2D eigenvalue weighted by molar-refractivity contribution is -0.142. The zero-order valence-corrected chi connectivity index (χ0v) is 19.3. The third-order valence-corrected chi connectivity index (χ3v) is 6.03. The lowest BCUT2D eigenvalue weighted by atomic mass is 9.84. The van der Waals surface area contributed by atoms with E-state index in [1.807, 2.05) is 26.2 Å². The van der Waals surface area contributed by atoms with Crippen LogP contribution in [0.15, 0.2) is 42.5 Å². The van der Waals surface area contributed by atoms with Crippen LogP contribution in [0, 0.1) is 5.82 Å². The van der Waals surface area contributed by atoms with Crippen LogP contribution in [0.5, 0.6) is 5.75 Å². The number of halogens is 1. The molecular formula is C25H30FN3O5. The fraction of sp³-hybridized carbons (Fsp3) is 0.440. The third kappa shape index (κ3) is 5.72. The molecule has 2 aromatic carbocycles. The van der Waals surface area contributed by atoms with E-state index in [-0.39, 0.29) is 55.8 Å². The van der Waals surface area contributed by atoms with E-state index in [9.17, 15) is 19.1 Å². The molecule has 182 valence electrons. The molecule has 2 aliphatic rings. The van der Waals surface area contributed by atoms with E-state index in [2.05, 4.69) is 10.6 Å². The molecule has 2 aromatic rings. The van der Waals surface area contributed by atoms with Gasteiger partial charge < -0.3 is 30.1 Å². The van der Waals surface area contributed by atoms with E-state index in [1.54, 1.807) is 23.1 Å². The lowest BCUT2D eigenvalue weighted by Gasteiger charge is -2.37. The molecule has 34 heavy (non-hydrogen) atoms. The van der Waals surface area contributed by atoms with Crippen molar-refractivity contribution in [3.63, 3.8) is 0 Å². The number of benzene rings is 2. The van der Waals surface area contributed by atoms with Crippen molar-refractivity contribution in [2.24, 2.45) is 0 Å². The summed E-state index contributed by atoms with van der Waals surface area (Å²) in [6, 6.07) is 11.6. The van der Waals surface area contributed by atoms with Crippen LogP contribution in [-0.4, -0.2) is 67.4 Å². The first-order chi connectivity index (χ1) is 16.3. The number of likely N-dealkylation sites (N-methyl/N-ethyl adjacent to an activating group) is 1. The molecule has 0 aromatic heterocycles. The monoisotopic (exact) mass is 471 g/mol. The molecule has 4 atom stereocenters. The Morgan fingerprint density at radius 3 is 2.74 bits per heavy atom. The van der Waals surface area contributed by atoms with E-state index in [0.29, 0.717) is 23.4 Å². The zero-order valence-electron chi connectivity index (χ0n) is 19.3. The normalized spacial score (nSPS) is 23.1. The molecule has 3 N–H and O–H groups in total. The molecule has 9 heteroatoms. The maximum atomic E-state index is 13.4. The summed E-state index contributed by atoms with van der Waals surface area (Å²) in [5.41, 5.74) is 2.28. The minimum Gasteiger partial charge on any atom is -0.487 e. The van der Waals surface area contributed by atoms with Crippen molar-refractivity contribution >= 4 is 17.5 Å². The van der Waals surface area contributed by atoms with Crippen molar-refractivity contribution in [2.45, 2.75) is 43.6 Å². The Bertz CT molecular complexity index is 1050. The number of ether oxygens (including phenoxy) is 2. The van der Waals surface area contributed by atoms with E-state index in [1.165, 1.54) is 12.1 Å². The van der Waals surface area contributed by atoms with Gasteiger partial charge in [-0.15, -0.1) is 0 Å². The Labute approximate surface area is 198 Å². The largest absolute Gasteiger partial charge is 0.487 e. The van der Waals surface area contributed by atoms with Crippen LogP contribution in [0.1, 0.15) is 29.9 Å². The number of hydrogen-bond acceptors (Lipinski definition) is 6. The number of nitrogens with zero attached hydrogens (tertiary/aromatic N) is 1. The second-order valence-corrected chi connectivity index (χ2v) is 9.05. The number of carbonyl (C=O) groups excluding carboxylic acids is 2. The molecule has 8 nitrogen and oxygen atoms in total. The van der Waals surface area contributed by atoms with Gasteiger partial charge in [-0.1, -0.05) is 12.1 Å². The van der Waals surface area contributed by atoms with Crippen molar-refractivity contribution in [3.05, 3.63) is 59.4 Å². The van der Waals surface area contributed by atoms with Crippen LogP contribution in [0.2, 0.25) is 0 Å². The van der Waals surface area contributed by atoms with Gasteiger partial charge in [-0.3, -0.25) is 9.59 Å². The topological polar surface area (TPSA) is 100 Å². The van der Waals surface area contributed by atoms with Crippen LogP contribution in [0.25, 0.3) is 0 Å². The standard InChI is InChI=1S/C25H30FN3O5/c1-29(2)13-24(32)28-17-6-7-21-19(9-17)20-10-18(33-22(14-30)25(20)34-21)11-23(31)27-12-15-4-3-5-16(26)8-15/h3-9,18,20,22,25,30H,10-14H2,1-2H3,(H,27,31)(H,28,32)/t18-,20-,22+,25+/m1/s1. The van der Waals surface area contributed by atoms with E-state index in [4.69, 9.17) is 9.47 Å². The minimum atomic E-state index is -0.570. The molecule has 0 radical (unpaired) electrons. The summed E-state index contributed by atoms with van der Waals surface area (Å²) >= 11 is 0. The van der Waals surface area contributed by atoms with Crippen molar-refractivity contribution in [1.29, 1.82) is 0 Å². The van der Waals surface area contributed by atoms with E-state index in [0.717, 1.165) is 5.56 Å². The molecule has 1 fully saturated rings. The number of aliphatic hydroxyl groups excluding tert-OH is 1. The number of aliphatic hydroxyl groups is 1. The number of fused-ring (bicyclic) bond motifs is 3. The molecule has 2 heterocycles. The summed E-state index contributed by atoms with van der Waals surface area (Å²) in [5.74, 6) is -0.0652. The maximum Gasteiger partial charge on any atom is 0.238 e. The summed E-state index contributed by atoms with van der Waals surface area (Å²) in [5, 5.41) is 15.6.